The van der Waals surface area contributed by atoms with Gasteiger partial charge in [-0.15, -0.1) is 11.3 Å². The largest absolute Gasteiger partial charge is 0.488 e. The zero-order valence-electron chi connectivity index (χ0n) is 9.37. The summed E-state index contributed by atoms with van der Waals surface area (Å²) in [6, 6.07) is 10.4. The van der Waals surface area contributed by atoms with E-state index in [9.17, 15) is 0 Å². The first-order chi connectivity index (χ1) is 8.19. The Kier molecular flexibility index (Phi) is 4.65. The summed E-state index contributed by atoms with van der Waals surface area (Å²) in [5.74, 6) is 0.956. The van der Waals surface area contributed by atoms with Gasteiger partial charge >= 0.3 is 0 Å². The molecule has 0 aliphatic rings. The average Bonchev–Trinajstić information content (AvgIpc) is 2.73. The zero-order valence-corrected chi connectivity index (χ0v) is 13.4. The van der Waals surface area contributed by atoms with Crippen molar-refractivity contribution in [2.45, 2.75) is 18.9 Å². The molecule has 0 aliphatic heterocycles. The normalized spacial score (nSPS) is 10.5. The molecule has 0 saturated heterocycles. The fraction of sp³-hybridized carbons (Fsp3) is 0.231. The lowest BCUT2D eigenvalue weighted by atomic mass is 10.1. The third-order valence-electron chi connectivity index (χ3n) is 2.36. The number of thiophene rings is 1. The number of hydrogen-bond donors (Lipinski definition) is 0. The molecule has 0 spiro atoms. The number of rotatable bonds is 4. The number of aryl methyl sites for hydroxylation is 1. The van der Waals surface area contributed by atoms with Gasteiger partial charge in [0.15, 0.2) is 0 Å². The van der Waals surface area contributed by atoms with Crippen molar-refractivity contribution in [3.05, 3.63) is 50.1 Å². The Morgan fingerprint density at radius 3 is 2.71 bits per heavy atom. The Morgan fingerprint density at radius 1 is 1.24 bits per heavy atom. The molecule has 17 heavy (non-hydrogen) atoms. The maximum Gasteiger partial charge on any atom is 0.123 e. The molecule has 0 fully saturated rings. The molecular weight excluding hydrogens is 364 g/mol. The molecule has 4 heteroatoms. The van der Waals surface area contributed by atoms with E-state index in [4.69, 9.17) is 4.74 Å². The molecule has 1 heterocycles. The van der Waals surface area contributed by atoms with E-state index in [1.54, 1.807) is 11.3 Å². The van der Waals surface area contributed by atoms with Gasteiger partial charge in [0.25, 0.3) is 0 Å². The van der Waals surface area contributed by atoms with E-state index in [2.05, 4.69) is 57.0 Å². The summed E-state index contributed by atoms with van der Waals surface area (Å²) >= 11 is 8.64. The summed E-state index contributed by atoms with van der Waals surface area (Å²) in [6.45, 7) is 2.71. The maximum absolute atomic E-state index is 5.84. The molecule has 1 aromatic carbocycles. The van der Waals surface area contributed by atoms with Gasteiger partial charge in [-0.2, -0.15) is 0 Å². The zero-order chi connectivity index (χ0) is 12.3. The number of benzene rings is 1. The van der Waals surface area contributed by atoms with E-state index in [1.165, 1.54) is 16.0 Å². The Balaban J connectivity index is 2.08. The molecule has 0 atom stereocenters. The van der Waals surface area contributed by atoms with E-state index in [0.29, 0.717) is 6.61 Å². The van der Waals surface area contributed by atoms with E-state index < -0.39 is 0 Å². The highest BCUT2D eigenvalue weighted by Crippen LogP contribution is 2.26. The number of halogens is 2. The van der Waals surface area contributed by atoms with Gasteiger partial charge in [-0.3, -0.25) is 0 Å². The molecule has 0 aliphatic carbocycles. The molecule has 2 aromatic rings. The topological polar surface area (TPSA) is 9.23 Å². The highest BCUT2D eigenvalue weighted by atomic mass is 79.9. The van der Waals surface area contributed by atoms with Crippen LogP contribution in [-0.2, 0) is 11.9 Å². The summed E-state index contributed by atoms with van der Waals surface area (Å²) < 4.78 is 6.98. The lowest BCUT2D eigenvalue weighted by Crippen LogP contribution is -1.96. The maximum atomic E-state index is 5.84. The fourth-order valence-corrected chi connectivity index (χ4v) is 3.37. The first-order valence-electron chi connectivity index (χ1n) is 5.21. The second-order valence-corrected chi connectivity index (χ2v) is 6.85. The summed E-state index contributed by atoms with van der Waals surface area (Å²) in [6.07, 6.45) is 0. The standard InChI is InChI=1S/C13H12Br2OS/c1-9-2-4-12(10(6-9)7-14)16-8-11-3-5-13(15)17-11/h2-6H,7-8H2,1H3. The lowest BCUT2D eigenvalue weighted by Gasteiger charge is -2.09. The van der Waals surface area contributed by atoms with Crippen molar-refractivity contribution in [2.75, 3.05) is 0 Å². The van der Waals surface area contributed by atoms with Crippen LogP contribution in [0.1, 0.15) is 16.0 Å². The summed E-state index contributed by atoms with van der Waals surface area (Å²) in [5, 5.41) is 0.818. The van der Waals surface area contributed by atoms with Crippen molar-refractivity contribution in [1.29, 1.82) is 0 Å². The Morgan fingerprint density at radius 2 is 2.06 bits per heavy atom. The molecule has 0 saturated carbocycles. The van der Waals surface area contributed by atoms with Crippen LogP contribution in [0.5, 0.6) is 5.75 Å². The van der Waals surface area contributed by atoms with Gasteiger partial charge in [-0.1, -0.05) is 33.6 Å². The third-order valence-corrected chi connectivity index (χ3v) is 4.56. The molecule has 0 radical (unpaired) electrons. The summed E-state index contributed by atoms with van der Waals surface area (Å²) in [5.41, 5.74) is 2.45. The quantitative estimate of drug-likeness (QED) is 0.659. The Hall–Kier alpha value is -0.320. The van der Waals surface area contributed by atoms with Crippen molar-refractivity contribution < 1.29 is 4.74 Å². The molecule has 1 aromatic heterocycles. The number of ether oxygens (including phenoxy) is 1. The van der Waals surface area contributed by atoms with Crippen molar-refractivity contribution in [2.24, 2.45) is 0 Å². The van der Waals surface area contributed by atoms with Gasteiger partial charge in [-0.25, -0.2) is 0 Å². The predicted octanol–water partition coefficient (Wildman–Crippen LogP) is 5.29. The second kappa shape index (κ2) is 6.03. The highest BCUT2D eigenvalue weighted by Gasteiger charge is 2.04. The van der Waals surface area contributed by atoms with Crippen LogP contribution in [0, 0.1) is 6.92 Å². The molecule has 1 nitrogen and oxygen atoms in total. The highest BCUT2D eigenvalue weighted by molar-refractivity contribution is 9.11. The van der Waals surface area contributed by atoms with Crippen LogP contribution >= 0.6 is 43.2 Å². The monoisotopic (exact) mass is 374 g/mol. The van der Waals surface area contributed by atoms with Crippen LogP contribution in [0.2, 0.25) is 0 Å². The first kappa shape index (κ1) is 13.1. The average molecular weight is 376 g/mol. The van der Waals surface area contributed by atoms with E-state index in [0.717, 1.165) is 14.9 Å². The van der Waals surface area contributed by atoms with Crippen LogP contribution in [0.4, 0.5) is 0 Å². The minimum Gasteiger partial charge on any atom is -0.488 e. The predicted molar refractivity (Wildman–Crippen MR) is 80.2 cm³/mol. The Labute approximate surface area is 122 Å². The van der Waals surface area contributed by atoms with Crippen LogP contribution in [-0.4, -0.2) is 0 Å². The second-order valence-electron chi connectivity index (χ2n) is 3.74. The van der Waals surface area contributed by atoms with Crippen LogP contribution in [0.25, 0.3) is 0 Å². The van der Waals surface area contributed by atoms with Crippen LogP contribution in [0.15, 0.2) is 34.1 Å². The molecule has 90 valence electrons. The molecule has 0 amide bonds. The first-order valence-corrected chi connectivity index (χ1v) is 7.94. The molecule has 0 unspecified atom stereocenters. The Bertz CT molecular complexity index is 508. The summed E-state index contributed by atoms with van der Waals surface area (Å²) in [4.78, 5) is 1.22. The molecular formula is C13H12Br2OS. The van der Waals surface area contributed by atoms with Gasteiger partial charge < -0.3 is 4.74 Å². The number of hydrogen-bond acceptors (Lipinski definition) is 2. The molecule has 0 bridgehead atoms. The minimum atomic E-state index is 0.624. The molecule has 2 rings (SSSR count). The van der Waals surface area contributed by atoms with Crippen LogP contribution in [0.3, 0.4) is 0 Å². The van der Waals surface area contributed by atoms with E-state index in [1.807, 2.05) is 12.1 Å². The van der Waals surface area contributed by atoms with Crippen LogP contribution < -0.4 is 4.74 Å². The minimum absolute atomic E-state index is 0.624. The SMILES string of the molecule is Cc1ccc(OCc2ccc(Br)s2)c(CBr)c1. The van der Waals surface area contributed by atoms with Gasteiger partial charge in [0.2, 0.25) is 0 Å². The van der Waals surface area contributed by atoms with Crippen molar-refractivity contribution in [1.82, 2.24) is 0 Å². The lowest BCUT2D eigenvalue weighted by molar-refractivity contribution is 0.307. The van der Waals surface area contributed by atoms with E-state index >= 15 is 0 Å². The van der Waals surface area contributed by atoms with Crippen molar-refractivity contribution in [3.8, 4) is 5.75 Å². The van der Waals surface area contributed by atoms with Crippen molar-refractivity contribution in [3.63, 3.8) is 0 Å². The van der Waals surface area contributed by atoms with E-state index in [-0.39, 0.29) is 0 Å². The van der Waals surface area contributed by atoms with Gasteiger partial charge in [0.05, 0.1) is 3.79 Å². The third kappa shape index (κ3) is 3.57. The fourth-order valence-electron chi connectivity index (χ4n) is 1.53. The van der Waals surface area contributed by atoms with Gasteiger partial charge in [0, 0.05) is 15.8 Å². The van der Waals surface area contributed by atoms with Gasteiger partial charge in [-0.05, 0) is 41.1 Å². The number of alkyl halides is 1. The van der Waals surface area contributed by atoms with Crippen molar-refractivity contribution >= 4 is 43.2 Å². The summed E-state index contributed by atoms with van der Waals surface area (Å²) in [7, 11) is 0. The molecule has 0 N–H and O–H groups in total. The smallest absolute Gasteiger partial charge is 0.123 e. The van der Waals surface area contributed by atoms with Gasteiger partial charge in [0.1, 0.15) is 12.4 Å².